The Morgan fingerprint density at radius 3 is 2.84 bits per heavy atom. The molecule has 25 heavy (non-hydrogen) atoms. The molecule has 0 saturated carbocycles. The third-order valence-electron chi connectivity index (χ3n) is 3.44. The minimum absolute atomic E-state index is 0.167. The van der Waals surface area contributed by atoms with Crippen molar-refractivity contribution in [3.05, 3.63) is 52.4 Å². The van der Waals surface area contributed by atoms with Gasteiger partial charge in [0.1, 0.15) is 6.61 Å². The van der Waals surface area contributed by atoms with Crippen LogP contribution in [0.3, 0.4) is 0 Å². The maximum Gasteiger partial charge on any atom is 0.316 e. The van der Waals surface area contributed by atoms with Crippen LogP contribution in [0.2, 0.25) is 5.02 Å². The number of hydrogen-bond acceptors (Lipinski definition) is 6. The van der Waals surface area contributed by atoms with Crippen LogP contribution < -0.4 is 0 Å². The molecule has 0 aliphatic carbocycles. The van der Waals surface area contributed by atoms with Crippen molar-refractivity contribution in [1.29, 1.82) is 0 Å². The fourth-order valence-electron chi connectivity index (χ4n) is 2.21. The van der Waals surface area contributed by atoms with Crippen molar-refractivity contribution in [3.63, 3.8) is 0 Å². The third-order valence-corrected chi connectivity index (χ3v) is 5.62. The van der Waals surface area contributed by atoms with E-state index in [1.807, 2.05) is 47.2 Å². The zero-order chi connectivity index (χ0) is 17.6. The molecule has 0 aliphatic rings. The van der Waals surface area contributed by atoms with E-state index < -0.39 is 0 Å². The smallest absolute Gasteiger partial charge is 0.316 e. The van der Waals surface area contributed by atoms with Crippen LogP contribution in [0.4, 0.5) is 0 Å². The molecule has 2 heterocycles. The highest BCUT2D eigenvalue weighted by molar-refractivity contribution is 7.99. The average Bonchev–Trinajstić information content (AvgIpc) is 3.28. The first-order valence-corrected chi connectivity index (χ1v) is 9.92. The highest BCUT2D eigenvalue weighted by atomic mass is 35.5. The van der Waals surface area contributed by atoms with Gasteiger partial charge in [-0.15, -0.1) is 21.5 Å². The van der Waals surface area contributed by atoms with Gasteiger partial charge in [-0.3, -0.25) is 4.79 Å². The molecule has 0 saturated heterocycles. The molecule has 0 bridgehead atoms. The molecule has 1 aromatic carbocycles. The van der Waals surface area contributed by atoms with Crippen molar-refractivity contribution in [2.75, 3.05) is 5.75 Å². The van der Waals surface area contributed by atoms with Gasteiger partial charge in [-0.05, 0) is 24.4 Å². The number of esters is 1. The van der Waals surface area contributed by atoms with E-state index in [4.69, 9.17) is 16.3 Å². The Morgan fingerprint density at radius 2 is 2.12 bits per heavy atom. The monoisotopic (exact) mass is 393 g/mol. The predicted molar refractivity (Wildman–Crippen MR) is 101 cm³/mol. The van der Waals surface area contributed by atoms with E-state index in [1.165, 1.54) is 11.8 Å². The van der Waals surface area contributed by atoms with Crippen LogP contribution in [0, 0.1) is 0 Å². The summed E-state index contributed by atoms with van der Waals surface area (Å²) >= 11 is 8.99. The average molecular weight is 394 g/mol. The van der Waals surface area contributed by atoms with Gasteiger partial charge in [0.25, 0.3) is 0 Å². The van der Waals surface area contributed by atoms with Crippen molar-refractivity contribution in [2.45, 2.75) is 25.2 Å². The topological polar surface area (TPSA) is 57.0 Å². The van der Waals surface area contributed by atoms with Crippen LogP contribution in [-0.2, 0) is 22.7 Å². The lowest BCUT2D eigenvalue weighted by molar-refractivity contribution is -0.141. The van der Waals surface area contributed by atoms with Gasteiger partial charge in [-0.25, -0.2) is 0 Å². The van der Waals surface area contributed by atoms with E-state index in [9.17, 15) is 4.79 Å². The van der Waals surface area contributed by atoms with Gasteiger partial charge in [0.2, 0.25) is 0 Å². The number of hydrogen-bond donors (Lipinski definition) is 0. The fourth-order valence-corrected chi connectivity index (χ4v) is 3.92. The summed E-state index contributed by atoms with van der Waals surface area (Å²) in [5, 5.41) is 11.8. The summed E-state index contributed by atoms with van der Waals surface area (Å²) in [6.45, 7) is 2.93. The molecule has 0 aliphatic heterocycles. The fraction of sp³-hybridized carbons (Fsp3) is 0.235. The lowest BCUT2D eigenvalue weighted by Gasteiger charge is -2.07. The first-order chi connectivity index (χ1) is 12.2. The second-order valence-electron chi connectivity index (χ2n) is 5.07. The Morgan fingerprint density at radius 1 is 1.28 bits per heavy atom. The van der Waals surface area contributed by atoms with Crippen LogP contribution in [0.25, 0.3) is 10.7 Å². The molecule has 2 aromatic heterocycles. The largest absolute Gasteiger partial charge is 0.460 e. The predicted octanol–water partition coefficient (Wildman–Crippen LogP) is 4.52. The van der Waals surface area contributed by atoms with Crippen molar-refractivity contribution < 1.29 is 9.53 Å². The van der Waals surface area contributed by atoms with Crippen LogP contribution in [-0.4, -0.2) is 26.5 Å². The lowest BCUT2D eigenvalue weighted by Crippen LogP contribution is -2.09. The van der Waals surface area contributed by atoms with Gasteiger partial charge in [-0.2, -0.15) is 0 Å². The molecule has 3 rings (SSSR count). The second-order valence-corrected chi connectivity index (χ2v) is 7.37. The quantitative estimate of drug-likeness (QED) is 0.436. The molecule has 0 spiro atoms. The molecule has 0 radical (unpaired) electrons. The van der Waals surface area contributed by atoms with Crippen molar-refractivity contribution in [2.24, 2.45) is 0 Å². The van der Waals surface area contributed by atoms with Gasteiger partial charge in [-0.1, -0.05) is 47.6 Å². The summed E-state index contributed by atoms with van der Waals surface area (Å²) in [7, 11) is 0. The van der Waals surface area contributed by atoms with E-state index in [-0.39, 0.29) is 18.3 Å². The maximum atomic E-state index is 12.0. The van der Waals surface area contributed by atoms with Crippen LogP contribution in [0.5, 0.6) is 0 Å². The Kier molecular flexibility index (Phi) is 6.12. The number of carbonyl (C=O) groups is 1. The highest BCUT2D eigenvalue weighted by Gasteiger charge is 2.15. The SMILES string of the molecule is CCn1c(SCC(=O)OCc2ccccc2Cl)nnc1-c1cccs1. The molecule has 130 valence electrons. The minimum Gasteiger partial charge on any atom is -0.460 e. The van der Waals surface area contributed by atoms with Crippen LogP contribution >= 0.6 is 34.7 Å². The van der Waals surface area contributed by atoms with Gasteiger partial charge in [0.05, 0.1) is 10.6 Å². The van der Waals surface area contributed by atoms with Crippen molar-refractivity contribution in [3.8, 4) is 10.7 Å². The van der Waals surface area contributed by atoms with Crippen LogP contribution in [0.15, 0.2) is 46.9 Å². The zero-order valence-corrected chi connectivity index (χ0v) is 15.9. The molecular weight excluding hydrogens is 378 g/mol. The number of rotatable bonds is 7. The molecule has 8 heteroatoms. The third kappa shape index (κ3) is 4.42. The highest BCUT2D eigenvalue weighted by Crippen LogP contribution is 2.27. The normalized spacial score (nSPS) is 10.8. The Balaban J connectivity index is 1.58. The molecule has 0 amide bonds. The van der Waals surface area contributed by atoms with Crippen molar-refractivity contribution >= 4 is 40.7 Å². The number of halogens is 1. The number of nitrogens with zero attached hydrogens (tertiary/aromatic N) is 3. The lowest BCUT2D eigenvalue weighted by atomic mass is 10.2. The van der Waals surface area contributed by atoms with Gasteiger partial charge in [0, 0.05) is 17.1 Å². The summed E-state index contributed by atoms with van der Waals surface area (Å²) in [5.74, 6) is 0.685. The first kappa shape index (κ1) is 18.0. The van der Waals surface area contributed by atoms with Crippen molar-refractivity contribution in [1.82, 2.24) is 14.8 Å². The molecule has 0 fully saturated rings. The Bertz CT molecular complexity index is 849. The molecule has 5 nitrogen and oxygen atoms in total. The number of thiophene rings is 1. The molecule has 0 N–H and O–H groups in total. The summed E-state index contributed by atoms with van der Waals surface area (Å²) < 4.78 is 7.28. The van der Waals surface area contributed by atoms with E-state index >= 15 is 0 Å². The number of ether oxygens (including phenoxy) is 1. The van der Waals surface area contributed by atoms with Gasteiger partial charge in [0.15, 0.2) is 11.0 Å². The second kappa shape index (κ2) is 8.51. The van der Waals surface area contributed by atoms with Gasteiger partial charge >= 0.3 is 5.97 Å². The minimum atomic E-state index is -0.312. The first-order valence-electron chi connectivity index (χ1n) is 7.68. The Labute approximate surface area is 159 Å². The number of aromatic nitrogens is 3. The summed E-state index contributed by atoms with van der Waals surface area (Å²) in [6.07, 6.45) is 0. The molecule has 0 unspecified atom stereocenters. The number of benzene rings is 1. The maximum absolute atomic E-state index is 12.0. The van der Waals surface area contributed by atoms with E-state index in [1.54, 1.807) is 17.4 Å². The summed E-state index contributed by atoms with van der Waals surface area (Å²) in [4.78, 5) is 13.1. The Hall–Kier alpha value is -1.83. The molecule has 3 aromatic rings. The molecular formula is C17H16ClN3O2S2. The number of carbonyl (C=O) groups excluding carboxylic acids is 1. The van der Waals surface area contributed by atoms with E-state index in [0.717, 1.165) is 22.8 Å². The molecule has 0 atom stereocenters. The summed E-state index contributed by atoms with van der Waals surface area (Å²) in [6, 6.07) is 11.3. The summed E-state index contributed by atoms with van der Waals surface area (Å²) in [5.41, 5.74) is 0.791. The van der Waals surface area contributed by atoms with E-state index in [0.29, 0.717) is 10.2 Å². The van der Waals surface area contributed by atoms with Gasteiger partial charge < -0.3 is 9.30 Å². The van der Waals surface area contributed by atoms with E-state index in [2.05, 4.69) is 10.2 Å². The number of thioether (sulfide) groups is 1. The standard InChI is InChI=1S/C17H16ClN3O2S2/c1-2-21-16(14-8-5-9-24-14)19-20-17(21)25-11-15(22)23-10-12-6-3-4-7-13(12)18/h3-9H,2,10-11H2,1H3. The zero-order valence-electron chi connectivity index (χ0n) is 13.5. The van der Waals surface area contributed by atoms with Crippen LogP contribution in [0.1, 0.15) is 12.5 Å².